The van der Waals surface area contributed by atoms with E-state index < -0.39 is 0 Å². The molecule has 0 aromatic heterocycles. The molecule has 0 fully saturated rings. The number of halogens is 2. The van der Waals surface area contributed by atoms with Crippen LogP contribution in [0.15, 0.2) is 34.2 Å². The molecule has 0 bridgehead atoms. The molecule has 1 nitrogen and oxygen atoms in total. The minimum Gasteiger partial charge on any atom is -1.00 e. The summed E-state index contributed by atoms with van der Waals surface area (Å²) in [6.07, 6.45) is 7.54. The third kappa shape index (κ3) is 3.32. The van der Waals surface area contributed by atoms with Crippen LogP contribution in [-0.2, 0) is 17.2 Å². The van der Waals surface area contributed by atoms with Crippen LogP contribution in [0.1, 0.15) is 23.1 Å². The molecule has 1 aromatic carbocycles. The van der Waals surface area contributed by atoms with Crippen LogP contribution in [0.5, 0.6) is 0 Å². The molecule has 0 unspecified atom stereocenters. The van der Waals surface area contributed by atoms with Crippen LogP contribution in [0.4, 0.5) is 5.69 Å². The van der Waals surface area contributed by atoms with Gasteiger partial charge in [-0.15, -0.1) is 0 Å². The molecule has 0 radical (unpaired) electrons. The SMILES string of the molecule is Cc1ccc(C2=CC=CC2)c(C)c1[N]=[V+2].[Cl-].[Cl-]. The van der Waals surface area contributed by atoms with Crippen molar-refractivity contribution in [3.05, 3.63) is 47.1 Å². The number of rotatable bonds is 2. The Kier molecular flexibility index (Phi) is 7.04. The van der Waals surface area contributed by atoms with E-state index in [2.05, 4.69) is 65.2 Å². The van der Waals surface area contributed by atoms with E-state index in [9.17, 15) is 0 Å². The summed E-state index contributed by atoms with van der Waals surface area (Å²) in [6, 6.07) is 4.35. The molecule has 0 atom stereocenters. The zero-order valence-corrected chi connectivity index (χ0v) is 12.7. The van der Waals surface area contributed by atoms with Crippen LogP contribution in [0.25, 0.3) is 5.57 Å². The van der Waals surface area contributed by atoms with Crippen molar-refractivity contribution in [3.8, 4) is 0 Å². The molecule has 0 saturated heterocycles. The topological polar surface area (TPSA) is 12.4 Å². The fourth-order valence-electron chi connectivity index (χ4n) is 1.98. The van der Waals surface area contributed by atoms with Crippen LogP contribution in [0.2, 0.25) is 0 Å². The number of nitrogens with zero attached hydrogens (tertiary/aromatic N) is 1. The third-order valence-corrected chi connectivity index (χ3v) is 3.16. The third-order valence-electron chi connectivity index (χ3n) is 2.85. The first-order chi connectivity index (χ1) is 7.24. The molecule has 0 N–H and O–H groups in total. The van der Waals surface area contributed by atoms with E-state index in [1.807, 2.05) is 0 Å². The van der Waals surface area contributed by atoms with Gasteiger partial charge in [0.2, 0.25) is 0 Å². The molecule has 4 heteroatoms. The van der Waals surface area contributed by atoms with Gasteiger partial charge in [-0.25, -0.2) is 0 Å². The summed E-state index contributed by atoms with van der Waals surface area (Å²) in [5, 5.41) is 0. The maximum atomic E-state index is 4.29. The first-order valence-corrected chi connectivity index (χ1v) is 5.68. The van der Waals surface area contributed by atoms with Crippen LogP contribution < -0.4 is 24.8 Å². The Balaban J connectivity index is 0.00000128. The van der Waals surface area contributed by atoms with E-state index >= 15 is 0 Å². The normalized spacial score (nSPS) is 12.6. The van der Waals surface area contributed by atoms with E-state index in [0.29, 0.717) is 0 Å². The molecule has 1 aliphatic carbocycles. The van der Waals surface area contributed by atoms with Crippen LogP contribution in [-0.4, -0.2) is 0 Å². The van der Waals surface area contributed by atoms with E-state index in [-0.39, 0.29) is 24.8 Å². The van der Waals surface area contributed by atoms with Crippen molar-refractivity contribution < 1.29 is 42.0 Å². The predicted molar refractivity (Wildman–Crippen MR) is 59.7 cm³/mol. The Labute approximate surface area is 124 Å². The van der Waals surface area contributed by atoms with Gasteiger partial charge in [0, 0.05) is 0 Å². The van der Waals surface area contributed by atoms with Crippen molar-refractivity contribution in [3.63, 3.8) is 0 Å². The van der Waals surface area contributed by atoms with Crippen LogP contribution >= 0.6 is 0 Å². The van der Waals surface area contributed by atoms with Crippen molar-refractivity contribution in [2.24, 2.45) is 3.79 Å². The molecule has 1 aliphatic rings. The zero-order chi connectivity index (χ0) is 10.8. The standard InChI is InChI=1S/C13H13N.2ClH.V/c1-9-7-8-12(10(2)13(9)14)11-5-3-4-6-11;;;/h3-5,7-8H,6H2,1-2H3;2*1H;/q;;;+2/p-2. The minimum absolute atomic E-state index is 0. The number of aryl methyl sites for hydroxylation is 1. The average molecular weight is 305 g/mol. The Bertz CT molecular complexity index is 479. The van der Waals surface area contributed by atoms with Gasteiger partial charge in [0.25, 0.3) is 0 Å². The van der Waals surface area contributed by atoms with Gasteiger partial charge in [0.1, 0.15) is 0 Å². The molecule has 0 heterocycles. The summed E-state index contributed by atoms with van der Waals surface area (Å²) in [5.74, 6) is 0. The van der Waals surface area contributed by atoms with Gasteiger partial charge in [0.15, 0.2) is 0 Å². The van der Waals surface area contributed by atoms with Crippen molar-refractivity contribution >= 4 is 11.3 Å². The van der Waals surface area contributed by atoms with Crippen molar-refractivity contribution in [2.45, 2.75) is 20.3 Å². The summed E-state index contributed by atoms with van der Waals surface area (Å²) >= 11 is 2.30. The van der Waals surface area contributed by atoms with Gasteiger partial charge in [-0.2, -0.15) is 0 Å². The maximum Gasteiger partial charge on any atom is -1.00 e. The Morgan fingerprint density at radius 1 is 1.18 bits per heavy atom. The summed E-state index contributed by atoms with van der Waals surface area (Å²) in [7, 11) is 0. The molecule has 0 aliphatic heterocycles. The number of hydrogen-bond acceptors (Lipinski definition) is 1. The van der Waals surface area contributed by atoms with E-state index in [4.69, 9.17) is 0 Å². The summed E-state index contributed by atoms with van der Waals surface area (Å²) < 4.78 is 4.29. The minimum atomic E-state index is 0. The van der Waals surface area contributed by atoms with Gasteiger partial charge in [-0.05, 0) is 0 Å². The van der Waals surface area contributed by atoms with E-state index in [1.54, 1.807) is 0 Å². The molecule has 0 spiro atoms. The van der Waals surface area contributed by atoms with Gasteiger partial charge >= 0.3 is 99.6 Å². The van der Waals surface area contributed by atoms with Gasteiger partial charge in [-0.1, -0.05) is 0 Å². The van der Waals surface area contributed by atoms with E-state index in [0.717, 1.165) is 12.1 Å². The second kappa shape index (κ2) is 7.18. The predicted octanol–water partition coefficient (Wildman–Crippen LogP) is -1.98. The molecule has 2 rings (SSSR count). The summed E-state index contributed by atoms with van der Waals surface area (Å²) in [5.41, 5.74) is 6.36. The van der Waals surface area contributed by atoms with Gasteiger partial charge in [0.05, 0.1) is 0 Å². The first kappa shape index (κ1) is 16.7. The molecule has 89 valence electrons. The number of hydrogen-bond donors (Lipinski definition) is 0. The number of benzene rings is 1. The van der Waals surface area contributed by atoms with Crippen molar-refractivity contribution in [2.75, 3.05) is 0 Å². The fraction of sp³-hybridized carbons (Fsp3) is 0.231. The smallest absolute Gasteiger partial charge is 1.00 e. The van der Waals surface area contributed by atoms with Gasteiger partial charge in [-0.3, -0.25) is 0 Å². The quantitative estimate of drug-likeness (QED) is 0.600. The molecule has 1 aromatic rings. The zero-order valence-electron chi connectivity index (χ0n) is 9.74. The maximum absolute atomic E-state index is 4.29. The molecule has 0 amide bonds. The first-order valence-electron chi connectivity index (χ1n) is 5.05. The average Bonchev–Trinajstić information content (AvgIpc) is 2.71. The van der Waals surface area contributed by atoms with E-state index in [1.165, 1.54) is 22.3 Å². The summed E-state index contributed by atoms with van der Waals surface area (Å²) in [6.45, 7) is 4.25. The largest absolute Gasteiger partial charge is 1.00 e. The second-order valence-electron chi connectivity index (χ2n) is 3.83. The monoisotopic (exact) mass is 304 g/mol. The van der Waals surface area contributed by atoms with Crippen molar-refractivity contribution in [1.82, 2.24) is 0 Å². The number of allylic oxidation sites excluding steroid dienone is 4. The molecular weight excluding hydrogens is 292 g/mol. The molecular formula is C13H13Cl2NV. The van der Waals surface area contributed by atoms with Crippen molar-refractivity contribution in [1.29, 1.82) is 0 Å². The van der Waals surface area contributed by atoms with Crippen LogP contribution in [0, 0.1) is 13.8 Å². The second-order valence-corrected chi connectivity index (χ2v) is 4.14. The van der Waals surface area contributed by atoms with Crippen LogP contribution in [0.3, 0.4) is 0 Å². The Morgan fingerprint density at radius 3 is 2.41 bits per heavy atom. The Hall–Kier alpha value is -0.336. The molecule has 17 heavy (non-hydrogen) atoms. The fourth-order valence-corrected chi connectivity index (χ4v) is 2.46. The molecule has 0 saturated carbocycles. The van der Waals surface area contributed by atoms with Gasteiger partial charge < -0.3 is 24.8 Å². The Morgan fingerprint density at radius 2 is 1.88 bits per heavy atom. The summed E-state index contributed by atoms with van der Waals surface area (Å²) in [4.78, 5) is 0.